The van der Waals surface area contributed by atoms with Gasteiger partial charge >= 0.3 is 12.1 Å². The number of hydrogen-bond acceptors (Lipinski definition) is 5. The fourth-order valence-electron chi connectivity index (χ4n) is 5.99. The lowest BCUT2D eigenvalue weighted by atomic mass is 9.55. The van der Waals surface area contributed by atoms with E-state index in [1.807, 2.05) is 24.3 Å². The third kappa shape index (κ3) is 4.07. The molecule has 1 aromatic rings. The van der Waals surface area contributed by atoms with Gasteiger partial charge in [0.25, 0.3) is 0 Å². The van der Waals surface area contributed by atoms with Crippen molar-refractivity contribution in [3.05, 3.63) is 29.8 Å². The topological polar surface area (TPSA) is 73.9 Å². The number of hydrogen-bond donors (Lipinski definition) is 1. The maximum Gasteiger partial charge on any atom is 0.408 e. The normalized spacial score (nSPS) is 31.6. The van der Waals surface area contributed by atoms with Crippen molar-refractivity contribution in [2.24, 2.45) is 23.7 Å². The summed E-state index contributed by atoms with van der Waals surface area (Å²) < 4.78 is 16.1. The first kappa shape index (κ1) is 20.0. The molecule has 4 aliphatic carbocycles. The number of rotatable bonds is 6. The van der Waals surface area contributed by atoms with Gasteiger partial charge in [-0.05, 0) is 80.4 Å². The molecule has 158 valence electrons. The monoisotopic (exact) mass is 401 g/mol. The first-order valence-corrected chi connectivity index (χ1v) is 10.6. The Kier molecular flexibility index (Phi) is 5.45. The zero-order valence-corrected chi connectivity index (χ0v) is 17.5. The van der Waals surface area contributed by atoms with Crippen molar-refractivity contribution >= 4 is 12.1 Å². The maximum atomic E-state index is 12.8. The number of esters is 1. The molecule has 0 radical (unpaired) electrons. The van der Waals surface area contributed by atoms with Crippen molar-refractivity contribution in [3.63, 3.8) is 0 Å². The summed E-state index contributed by atoms with van der Waals surface area (Å²) in [7, 11) is 2.94. The number of methoxy groups -OCH3 is 2. The molecule has 0 heterocycles. The Hall–Kier alpha value is -2.24. The summed E-state index contributed by atoms with van der Waals surface area (Å²) in [6.07, 6.45) is 5.80. The average Bonchev–Trinajstić information content (AvgIpc) is 2.70. The van der Waals surface area contributed by atoms with Crippen LogP contribution in [-0.4, -0.2) is 37.9 Å². The zero-order valence-electron chi connectivity index (χ0n) is 17.5. The summed E-state index contributed by atoms with van der Waals surface area (Å²) in [5, 5.41) is 2.81. The van der Waals surface area contributed by atoms with E-state index in [-0.39, 0.29) is 6.10 Å². The minimum Gasteiger partial charge on any atom is -0.497 e. The van der Waals surface area contributed by atoms with Gasteiger partial charge in [0.1, 0.15) is 17.4 Å². The Bertz CT molecular complexity index is 733. The largest absolute Gasteiger partial charge is 0.497 e. The number of nitrogens with one attached hydrogen (secondary N) is 1. The molecule has 4 fully saturated rings. The lowest BCUT2D eigenvalue weighted by Gasteiger charge is -2.53. The number of carbonyl (C=O) groups excluding carboxylic acids is 2. The fraction of sp³-hybridized carbons (Fsp3) is 0.652. The van der Waals surface area contributed by atoms with Gasteiger partial charge in [0.05, 0.1) is 14.2 Å². The van der Waals surface area contributed by atoms with E-state index < -0.39 is 17.6 Å². The first-order chi connectivity index (χ1) is 13.9. The molecule has 1 amide bonds. The molecule has 4 bridgehead atoms. The summed E-state index contributed by atoms with van der Waals surface area (Å²) in [6.45, 7) is 1.68. The summed E-state index contributed by atoms with van der Waals surface area (Å²) in [5.41, 5.74) is -0.305. The molecule has 29 heavy (non-hydrogen) atoms. The molecule has 0 aromatic heterocycles. The van der Waals surface area contributed by atoms with Gasteiger partial charge in [0.2, 0.25) is 0 Å². The predicted molar refractivity (Wildman–Crippen MR) is 108 cm³/mol. The van der Waals surface area contributed by atoms with Crippen molar-refractivity contribution in [1.82, 2.24) is 5.32 Å². The first-order valence-electron chi connectivity index (χ1n) is 10.6. The molecule has 1 N–H and O–H groups in total. The molecule has 4 saturated carbocycles. The molecule has 0 saturated heterocycles. The molecule has 1 aromatic carbocycles. The average molecular weight is 402 g/mol. The van der Waals surface area contributed by atoms with E-state index in [0.717, 1.165) is 23.1 Å². The van der Waals surface area contributed by atoms with E-state index in [1.165, 1.54) is 39.2 Å². The molecule has 5 rings (SSSR count). The van der Waals surface area contributed by atoms with Crippen LogP contribution in [0.2, 0.25) is 0 Å². The van der Waals surface area contributed by atoms with Crippen LogP contribution < -0.4 is 10.1 Å². The van der Waals surface area contributed by atoms with Crippen molar-refractivity contribution < 1.29 is 23.8 Å². The highest BCUT2D eigenvalue weighted by atomic mass is 16.6. The third-order valence-corrected chi connectivity index (χ3v) is 7.11. The van der Waals surface area contributed by atoms with Gasteiger partial charge < -0.3 is 19.5 Å². The highest BCUT2D eigenvalue weighted by molar-refractivity contribution is 5.85. The van der Waals surface area contributed by atoms with Crippen LogP contribution >= 0.6 is 0 Å². The number of ether oxygens (including phenoxy) is 3. The highest BCUT2D eigenvalue weighted by Gasteiger charge is 2.50. The smallest absolute Gasteiger partial charge is 0.408 e. The van der Waals surface area contributed by atoms with Crippen molar-refractivity contribution in [2.75, 3.05) is 14.2 Å². The third-order valence-electron chi connectivity index (χ3n) is 7.11. The number of amides is 1. The van der Waals surface area contributed by atoms with Crippen LogP contribution in [-0.2, 0) is 20.7 Å². The molecular formula is C23H31NO5. The van der Waals surface area contributed by atoms with Crippen molar-refractivity contribution in [2.45, 2.75) is 57.1 Å². The van der Waals surface area contributed by atoms with E-state index in [1.54, 1.807) is 14.0 Å². The molecule has 0 aliphatic heterocycles. The lowest BCUT2D eigenvalue weighted by molar-refractivity contribution is -0.148. The second-order valence-electron chi connectivity index (χ2n) is 9.27. The van der Waals surface area contributed by atoms with Gasteiger partial charge in [-0.25, -0.2) is 9.59 Å². The molecule has 6 heteroatoms. The zero-order chi connectivity index (χ0) is 20.6. The van der Waals surface area contributed by atoms with Crippen molar-refractivity contribution in [3.8, 4) is 5.75 Å². The molecule has 0 unspecified atom stereocenters. The van der Waals surface area contributed by atoms with Crippen LogP contribution in [0.1, 0.15) is 44.6 Å². The highest BCUT2D eigenvalue weighted by Crippen LogP contribution is 2.54. The number of carbonyl (C=O) groups is 2. The maximum absolute atomic E-state index is 12.8. The summed E-state index contributed by atoms with van der Waals surface area (Å²) in [6, 6.07) is 7.43. The minimum absolute atomic E-state index is 0.0225. The fourth-order valence-corrected chi connectivity index (χ4v) is 5.99. The van der Waals surface area contributed by atoms with Crippen LogP contribution in [0.3, 0.4) is 0 Å². The Morgan fingerprint density at radius 2 is 1.59 bits per heavy atom. The van der Waals surface area contributed by atoms with Gasteiger partial charge in [-0.1, -0.05) is 12.1 Å². The number of benzene rings is 1. The van der Waals surface area contributed by atoms with E-state index in [9.17, 15) is 9.59 Å². The Labute approximate surface area is 172 Å². The Balaban J connectivity index is 1.43. The van der Waals surface area contributed by atoms with Gasteiger partial charge in [0.15, 0.2) is 0 Å². The van der Waals surface area contributed by atoms with E-state index in [2.05, 4.69) is 5.32 Å². The second-order valence-corrected chi connectivity index (χ2v) is 9.27. The lowest BCUT2D eigenvalue weighted by Crippen LogP contribution is -2.57. The molecular weight excluding hydrogens is 370 g/mol. The summed E-state index contributed by atoms with van der Waals surface area (Å²) >= 11 is 0. The van der Waals surface area contributed by atoms with Crippen LogP contribution in [0.4, 0.5) is 4.79 Å². The molecule has 4 aliphatic rings. The van der Waals surface area contributed by atoms with Gasteiger partial charge in [-0.3, -0.25) is 0 Å². The van der Waals surface area contributed by atoms with E-state index >= 15 is 0 Å². The van der Waals surface area contributed by atoms with Gasteiger partial charge in [-0.2, -0.15) is 0 Å². The van der Waals surface area contributed by atoms with Crippen LogP contribution in [0.5, 0.6) is 5.75 Å². The molecule has 1 atom stereocenters. The van der Waals surface area contributed by atoms with Crippen LogP contribution in [0.25, 0.3) is 0 Å². The van der Waals surface area contributed by atoms with E-state index in [4.69, 9.17) is 14.2 Å². The molecule has 6 nitrogen and oxygen atoms in total. The summed E-state index contributed by atoms with van der Waals surface area (Å²) in [4.78, 5) is 25.3. The SMILES string of the molecule is COC(=O)[C@@](C)(Cc1ccc(OC)cc1)NC(=O)OC1C2CC3CC(C2)CC1C3. The second kappa shape index (κ2) is 7.88. The summed E-state index contributed by atoms with van der Waals surface area (Å²) in [5.74, 6) is 2.83. The van der Waals surface area contributed by atoms with Crippen molar-refractivity contribution in [1.29, 1.82) is 0 Å². The molecule has 0 spiro atoms. The van der Waals surface area contributed by atoms with E-state index in [0.29, 0.717) is 18.3 Å². The quantitative estimate of drug-likeness (QED) is 0.736. The predicted octanol–water partition coefficient (Wildman–Crippen LogP) is 3.72. The Morgan fingerprint density at radius 1 is 1.00 bits per heavy atom. The van der Waals surface area contributed by atoms with Gasteiger partial charge in [-0.15, -0.1) is 0 Å². The number of alkyl carbamates (subject to hydrolysis) is 1. The van der Waals surface area contributed by atoms with Gasteiger partial charge in [0, 0.05) is 6.42 Å². The Morgan fingerprint density at radius 3 is 2.10 bits per heavy atom. The standard InChI is InChI=1S/C23H31NO5/c1-23(21(25)28-3,13-14-4-6-19(27-2)7-5-14)24-22(26)29-20-17-9-15-8-16(11-17)12-18(20)10-15/h4-7,15-18,20H,8-13H2,1-3H3,(H,24,26)/t15?,16?,17?,18?,20?,23-/m1/s1. The van der Waals surface area contributed by atoms with Crippen LogP contribution in [0, 0.1) is 23.7 Å². The van der Waals surface area contributed by atoms with Crippen LogP contribution in [0.15, 0.2) is 24.3 Å². The minimum atomic E-state index is -1.20.